The summed E-state index contributed by atoms with van der Waals surface area (Å²) in [5.74, 6) is 1.11. The molecule has 1 atom stereocenters. The Kier molecular flexibility index (Phi) is 4.81. The minimum Gasteiger partial charge on any atom is -0.344 e. The molecule has 0 bridgehead atoms. The zero-order chi connectivity index (χ0) is 14.8. The SMILES string of the molecule is O=C(C1CCCN1c1ncc(Br)cc1Br)N1CCNCC1. The van der Waals surface area contributed by atoms with Crippen molar-refractivity contribution in [2.75, 3.05) is 37.6 Å². The lowest BCUT2D eigenvalue weighted by atomic mass is 10.1. The zero-order valence-corrected chi connectivity index (χ0v) is 14.9. The third-order valence-corrected chi connectivity index (χ3v) is 5.04. The second kappa shape index (κ2) is 6.62. The van der Waals surface area contributed by atoms with Crippen LogP contribution in [0.1, 0.15) is 12.8 Å². The molecule has 0 aromatic carbocycles. The summed E-state index contributed by atoms with van der Waals surface area (Å²) in [6.07, 6.45) is 3.73. The van der Waals surface area contributed by atoms with Crippen LogP contribution in [0.3, 0.4) is 0 Å². The minimum absolute atomic E-state index is 0.0759. The van der Waals surface area contributed by atoms with E-state index in [1.54, 1.807) is 6.20 Å². The Balaban J connectivity index is 1.80. The number of pyridine rings is 1. The summed E-state index contributed by atoms with van der Waals surface area (Å²) in [4.78, 5) is 21.4. The molecule has 2 fully saturated rings. The van der Waals surface area contributed by atoms with Crippen molar-refractivity contribution in [3.05, 3.63) is 21.2 Å². The molecule has 1 amide bonds. The Morgan fingerprint density at radius 1 is 1.29 bits per heavy atom. The molecule has 5 nitrogen and oxygen atoms in total. The van der Waals surface area contributed by atoms with Crippen LogP contribution in [-0.2, 0) is 4.79 Å². The number of rotatable bonds is 2. The average Bonchev–Trinajstić information content (AvgIpc) is 2.96. The molecular weight excluding hydrogens is 400 g/mol. The molecule has 1 N–H and O–H groups in total. The quantitative estimate of drug-likeness (QED) is 0.799. The van der Waals surface area contributed by atoms with Crippen molar-refractivity contribution in [1.29, 1.82) is 0 Å². The Morgan fingerprint density at radius 3 is 2.76 bits per heavy atom. The molecule has 2 aliphatic rings. The lowest BCUT2D eigenvalue weighted by Gasteiger charge is -2.33. The first-order chi connectivity index (χ1) is 10.2. The molecule has 1 aromatic rings. The largest absolute Gasteiger partial charge is 0.344 e. The Hall–Kier alpha value is -0.660. The standard InChI is InChI=1S/C14H18Br2N4O/c15-10-8-11(16)13(18-9-10)20-5-1-2-12(20)14(21)19-6-3-17-4-7-19/h8-9,12,17H,1-7H2. The van der Waals surface area contributed by atoms with E-state index in [9.17, 15) is 4.79 Å². The van der Waals surface area contributed by atoms with Gasteiger partial charge in [0, 0.05) is 43.4 Å². The van der Waals surface area contributed by atoms with E-state index in [4.69, 9.17) is 0 Å². The van der Waals surface area contributed by atoms with Gasteiger partial charge in [-0.3, -0.25) is 4.79 Å². The molecule has 0 saturated carbocycles. The lowest BCUT2D eigenvalue weighted by Crippen LogP contribution is -2.52. The number of piperazine rings is 1. The molecule has 3 rings (SSSR count). The van der Waals surface area contributed by atoms with Gasteiger partial charge in [0.15, 0.2) is 0 Å². The first kappa shape index (κ1) is 15.2. The molecule has 2 saturated heterocycles. The van der Waals surface area contributed by atoms with Crippen LogP contribution in [0.2, 0.25) is 0 Å². The van der Waals surface area contributed by atoms with Gasteiger partial charge in [0.05, 0.1) is 4.47 Å². The van der Waals surface area contributed by atoms with Crippen molar-refractivity contribution >= 4 is 43.6 Å². The van der Waals surface area contributed by atoms with E-state index in [0.29, 0.717) is 0 Å². The van der Waals surface area contributed by atoms with E-state index in [1.807, 2.05) is 11.0 Å². The molecule has 1 aromatic heterocycles. The van der Waals surface area contributed by atoms with Gasteiger partial charge in [0.1, 0.15) is 11.9 Å². The number of amides is 1. The molecule has 2 aliphatic heterocycles. The summed E-state index contributed by atoms with van der Waals surface area (Å²) in [5.41, 5.74) is 0. The monoisotopic (exact) mass is 416 g/mol. The molecule has 1 unspecified atom stereocenters. The van der Waals surface area contributed by atoms with E-state index in [2.05, 4.69) is 47.1 Å². The highest BCUT2D eigenvalue weighted by Gasteiger charge is 2.35. The van der Waals surface area contributed by atoms with E-state index in [1.165, 1.54) is 0 Å². The third-order valence-electron chi connectivity index (χ3n) is 4.03. The fraction of sp³-hybridized carbons (Fsp3) is 0.571. The van der Waals surface area contributed by atoms with Crippen LogP contribution >= 0.6 is 31.9 Å². The third kappa shape index (κ3) is 3.24. The second-order valence-corrected chi connectivity index (χ2v) is 7.16. The number of carbonyl (C=O) groups is 1. The number of hydrogen-bond donors (Lipinski definition) is 1. The first-order valence-electron chi connectivity index (χ1n) is 7.24. The maximum Gasteiger partial charge on any atom is 0.245 e. The fourth-order valence-corrected chi connectivity index (χ4v) is 4.21. The van der Waals surface area contributed by atoms with Gasteiger partial charge in [-0.05, 0) is 50.8 Å². The summed E-state index contributed by atoms with van der Waals surface area (Å²) < 4.78 is 1.86. The van der Waals surface area contributed by atoms with E-state index in [-0.39, 0.29) is 11.9 Å². The summed E-state index contributed by atoms with van der Waals surface area (Å²) in [5, 5.41) is 3.29. The van der Waals surface area contributed by atoms with Gasteiger partial charge in [-0.2, -0.15) is 0 Å². The van der Waals surface area contributed by atoms with Crippen LogP contribution in [0.15, 0.2) is 21.2 Å². The predicted octanol–water partition coefficient (Wildman–Crippen LogP) is 2.01. The van der Waals surface area contributed by atoms with Crippen molar-refractivity contribution in [2.45, 2.75) is 18.9 Å². The number of carbonyl (C=O) groups excluding carboxylic acids is 1. The van der Waals surface area contributed by atoms with Crippen molar-refractivity contribution < 1.29 is 4.79 Å². The van der Waals surface area contributed by atoms with E-state index < -0.39 is 0 Å². The maximum atomic E-state index is 12.8. The second-order valence-electron chi connectivity index (χ2n) is 5.39. The van der Waals surface area contributed by atoms with Gasteiger partial charge in [-0.25, -0.2) is 4.98 Å². The van der Waals surface area contributed by atoms with Crippen molar-refractivity contribution in [3.63, 3.8) is 0 Å². The molecule has 3 heterocycles. The maximum absolute atomic E-state index is 12.8. The van der Waals surface area contributed by atoms with Crippen molar-refractivity contribution in [1.82, 2.24) is 15.2 Å². The molecule has 114 valence electrons. The van der Waals surface area contributed by atoms with Gasteiger partial charge in [-0.15, -0.1) is 0 Å². The van der Waals surface area contributed by atoms with Crippen LogP contribution < -0.4 is 10.2 Å². The highest BCUT2D eigenvalue weighted by molar-refractivity contribution is 9.11. The number of anilines is 1. The predicted molar refractivity (Wildman–Crippen MR) is 89.5 cm³/mol. The molecule has 0 spiro atoms. The molecule has 21 heavy (non-hydrogen) atoms. The number of halogens is 2. The van der Waals surface area contributed by atoms with Crippen LogP contribution in [0.25, 0.3) is 0 Å². The summed E-state index contributed by atoms with van der Waals surface area (Å²) >= 11 is 6.98. The highest BCUT2D eigenvalue weighted by atomic mass is 79.9. The van der Waals surface area contributed by atoms with Crippen LogP contribution in [0.5, 0.6) is 0 Å². The van der Waals surface area contributed by atoms with Crippen LogP contribution in [0.4, 0.5) is 5.82 Å². The molecule has 0 aliphatic carbocycles. The number of nitrogens with zero attached hydrogens (tertiary/aromatic N) is 3. The van der Waals surface area contributed by atoms with Gasteiger partial charge in [0.25, 0.3) is 0 Å². The van der Waals surface area contributed by atoms with Gasteiger partial charge >= 0.3 is 0 Å². The average molecular weight is 418 g/mol. The normalized spacial score (nSPS) is 22.7. The summed E-state index contributed by atoms with van der Waals surface area (Å²) in [7, 11) is 0. The zero-order valence-electron chi connectivity index (χ0n) is 11.7. The summed E-state index contributed by atoms with van der Waals surface area (Å²) in [6, 6.07) is 1.90. The molecular formula is C14H18Br2N4O. The van der Waals surface area contributed by atoms with E-state index in [0.717, 1.165) is 60.3 Å². The smallest absolute Gasteiger partial charge is 0.245 e. The Bertz CT molecular complexity index is 534. The topological polar surface area (TPSA) is 48.5 Å². The number of hydrogen-bond acceptors (Lipinski definition) is 4. The van der Waals surface area contributed by atoms with Gasteiger partial charge in [0.2, 0.25) is 5.91 Å². The Labute approximate surface area is 141 Å². The van der Waals surface area contributed by atoms with Gasteiger partial charge < -0.3 is 15.1 Å². The van der Waals surface area contributed by atoms with Crippen molar-refractivity contribution in [2.24, 2.45) is 0 Å². The van der Waals surface area contributed by atoms with Crippen LogP contribution in [0, 0.1) is 0 Å². The molecule has 7 heteroatoms. The fourth-order valence-electron chi connectivity index (χ4n) is 2.99. The van der Waals surface area contributed by atoms with E-state index >= 15 is 0 Å². The van der Waals surface area contributed by atoms with Crippen molar-refractivity contribution in [3.8, 4) is 0 Å². The highest BCUT2D eigenvalue weighted by Crippen LogP contribution is 2.32. The van der Waals surface area contributed by atoms with Gasteiger partial charge in [-0.1, -0.05) is 0 Å². The minimum atomic E-state index is -0.0759. The summed E-state index contributed by atoms with van der Waals surface area (Å²) in [6.45, 7) is 4.27. The van der Waals surface area contributed by atoms with Crippen LogP contribution in [-0.4, -0.2) is 54.6 Å². The number of nitrogens with one attached hydrogen (secondary N) is 1. The Morgan fingerprint density at radius 2 is 2.05 bits per heavy atom. The lowest BCUT2D eigenvalue weighted by molar-refractivity contribution is -0.133. The first-order valence-corrected chi connectivity index (χ1v) is 8.82. The molecule has 0 radical (unpaired) electrons. The number of aromatic nitrogens is 1.